The maximum atomic E-state index is 7.19. The number of benzene rings is 8. The monoisotopic (exact) mass is 858 g/mol. The average Bonchev–Trinajstić information content (AvgIpc) is 3.86. The number of hydrogen-bond acceptors (Lipinski definition) is 6. The molecule has 15 rings (SSSR count). The first-order chi connectivity index (χ1) is 31.0. The van der Waals surface area contributed by atoms with Gasteiger partial charge in [-0.3, -0.25) is 0 Å². The highest BCUT2D eigenvalue weighted by atomic mass is 32.2. The van der Waals surface area contributed by atoms with Gasteiger partial charge in [-0.1, -0.05) is 167 Å². The normalized spacial score (nSPS) is 15.1. The Bertz CT molecular complexity index is 3580. The Morgan fingerprint density at radius 1 is 0.406 bits per heavy atom. The van der Waals surface area contributed by atoms with Gasteiger partial charge in [-0.2, -0.15) is 0 Å². The summed E-state index contributed by atoms with van der Waals surface area (Å²) in [5.74, 6) is 0. The van der Waals surface area contributed by atoms with Crippen LogP contribution < -0.4 is 42.6 Å². The van der Waals surface area contributed by atoms with Crippen LogP contribution in [0, 0.1) is 0 Å². The Hall–Kier alpha value is -6.21. The minimum absolute atomic E-state index is 0.000485. The number of rotatable bonds is 1. The van der Waals surface area contributed by atoms with Crippen LogP contribution >= 0.6 is 23.5 Å². The number of fused-ring (bicyclic) bond motifs is 14. The second-order valence-corrected chi connectivity index (χ2v) is 22.6. The quantitative estimate of drug-likeness (QED) is 0.153. The highest BCUT2D eigenvalue weighted by Gasteiger charge is 2.54. The van der Waals surface area contributed by atoms with Gasteiger partial charge in [-0.15, -0.1) is 0 Å². The zero-order chi connectivity index (χ0) is 42.7. The molecule has 0 atom stereocenters. The molecule has 8 heteroatoms. The smallest absolute Gasteiger partial charge is 0.249 e. The van der Waals surface area contributed by atoms with E-state index in [0.29, 0.717) is 0 Å². The first kappa shape index (κ1) is 36.2. The molecule has 0 saturated carbocycles. The predicted molar refractivity (Wildman–Crippen MR) is 272 cm³/mol. The summed E-state index contributed by atoms with van der Waals surface area (Å²) in [6.07, 6.45) is 0. The van der Waals surface area contributed by atoms with Crippen LogP contribution in [0.3, 0.4) is 0 Å². The summed E-state index contributed by atoms with van der Waals surface area (Å²) in [7, 11) is 0. The molecule has 0 aliphatic carbocycles. The van der Waals surface area contributed by atoms with Crippen molar-refractivity contribution in [1.82, 2.24) is 0 Å². The summed E-state index contributed by atoms with van der Waals surface area (Å²) < 4.78 is 14.4. The molecule has 10 aromatic rings. The Morgan fingerprint density at radius 2 is 0.875 bits per heavy atom. The van der Waals surface area contributed by atoms with E-state index in [2.05, 4.69) is 185 Å². The largest absolute Gasteiger partial charge is 0.454 e. The summed E-state index contributed by atoms with van der Waals surface area (Å²) in [5.41, 5.74) is 21.4. The number of hydrogen-bond donors (Lipinski definition) is 0. The number of anilines is 6. The summed E-state index contributed by atoms with van der Waals surface area (Å²) in [6.45, 7) is 14.0. The van der Waals surface area contributed by atoms with Gasteiger partial charge in [-0.05, 0) is 86.3 Å². The van der Waals surface area contributed by atoms with Crippen LogP contribution in [-0.4, -0.2) is 13.4 Å². The first-order valence-corrected chi connectivity index (χ1v) is 24.1. The molecule has 0 saturated heterocycles. The molecular weight excluding hydrogens is 818 g/mol. The van der Waals surface area contributed by atoms with Gasteiger partial charge < -0.3 is 18.6 Å². The van der Waals surface area contributed by atoms with Gasteiger partial charge in [0.05, 0.1) is 11.4 Å². The Morgan fingerprint density at radius 3 is 1.36 bits per heavy atom. The zero-order valence-electron chi connectivity index (χ0n) is 36.4. The summed E-state index contributed by atoms with van der Waals surface area (Å²) in [4.78, 5) is 10.6. The van der Waals surface area contributed by atoms with Crippen LogP contribution in [0.4, 0.5) is 34.1 Å². The molecule has 5 aliphatic rings. The van der Waals surface area contributed by atoms with Crippen molar-refractivity contribution in [2.45, 2.75) is 72.0 Å². The second kappa shape index (κ2) is 11.9. The van der Waals surface area contributed by atoms with Crippen molar-refractivity contribution in [3.8, 4) is 0 Å². The van der Waals surface area contributed by atoms with Crippen LogP contribution in [-0.2, 0) is 10.8 Å². The van der Waals surface area contributed by atoms with Crippen molar-refractivity contribution in [2.75, 3.05) is 9.80 Å². The van der Waals surface area contributed by atoms with Crippen LogP contribution in [0.1, 0.15) is 52.7 Å². The molecule has 0 N–H and O–H groups in total. The molecule has 7 heterocycles. The molecule has 2 aromatic heterocycles. The van der Waals surface area contributed by atoms with E-state index in [4.69, 9.17) is 8.83 Å². The average molecular weight is 859 g/mol. The first-order valence-electron chi connectivity index (χ1n) is 22.5. The SMILES string of the molecule is CC(C)(C)c1ccc2c(c1)B1c3cc4c(oc5ccccc54)c4c3N3c5c1c(cc1c5B(c5cc(C(C)(C)C)ccc5S1)c1cc5c(oc6ccccc65)c(c13)N4c1ccccc1)S2. The highest BCUT2D eigenvalue weighted by Crippen LogP contribution is 2.61. The van der Waals surface area contributed by atoms with E-state index in [9.17, 15) is 0 Å². The number of nitrogens with zero attached hydrogens (tertiary/aromatic N) is 2. The molecule has 4 nitrogen and oxygen atoms in total. The van der Waals surface area contributed by atoms with E-state index >= 15 is 0 Å². The third-order valence-corrected chi connectivity index (χ3v) is 17.0. The molecule has 0 radical (unpaired) electrons. The zero-order valence-corrected chi connectivity index (χ0v) is 38.0. The molecule has 0 bridgehead atoms. The minimum Gasteiger partial charge on any atom is -0.454 e. The number of para-hydroxylation sites is 3. The molecule has 0 fully saturated rings. The lowest BCUT2D eigenvalue weighted by atomic mass is 9.30. The summed E-state index contributed by atoms with van der Waals surface area (Å²) in [6, 6.07) is 50.3. The van der Waals surface area contributed by atoms with Crippen molar-refractivity contribution in [2.24, 2.45) is 0 Å². The maximum absolute atomic E-state index is 7.19. The third kappa shape index (κ3) is 4.46. The fourth-order valence-corrected chi connectivity index (χ4v) is 14.2. The van der Waals surface area contributed by atoms with Gasteiger partial charge >= 0.3 is 0 Å². The van der Waals surface area contributed by atoms with Crippen molar-refractivity contribution in [1.29, 1.82) is 0 Å². The van der Waals surface area contributed by atoms with E-state index in [1.165, 1.54) is 80.5 Å². The number of furan rings is 2. The van der Waals surface area contributed by atoms with Crippen LogP contribution in [0.2, 0.25) is 0 Å². The predicted octanol–water partition coefficient (Wildman–Crippen LogP) is 11.9. The fraction of sp³-hybridized carbons (Fsp3) is 0.143. The lowest BCUT2D eigenvalue weighted by Crippen LogP contribution is -2.68. The molecule has 304 valence electrons. The van der Waals surface area contributed by atoms with Gasteiger partial charge in [0.2, 0.25) is 13.4 Å². The maximum Gasteiger partial charge on any atom is 0.249 e. The molecule has 5 aliphatic heterocycles. The Kier molecular flexibility index (Phi) is 6.73. The topological polar surface area (TPSA) is 32.8 Å². The van der Waals surface area contributed by atoms with Gasteiger partial charge in [0, 0.05) is 52.5 Å². The van der Waals surface area contributed by atoms with E-state index in [1.54, 1.807) is 0 Å². The molecule has 8 aromatic carbocycles. The molecule has 64 heavy (non-hydrogen) atoms. The van der Waals surface area contributed by atoms with Crippen molar-refractivity contribution >= 4 is 148 Å². The third-order valence-electron chi connectivity index (χ3n) is 14.7. The van der Waals surface area contributed by atoms with Gasteiger partial charge in [0.25, 0.3) is 0 Å². The molecular formula is C56H40B2N2O2S2. The van der Waals surface area contributed by atoms with Crippen molar-refractivity contribution < 1.29 is 8.83 Å². The van der Waals surface area contributed by atoms with Gasteiger partial charge in [0.1, 0.15) is 22.5 Å². The molecule has 0 unspecified atom stereocenters. The molecule has 0 spiro atoms. The Balaban J connectivity index is 1.19. The standard InChI is InChI=1S/C56H40B2N2O2S2/c1-55(2,3)29-20-22-42-36(24-29)57-38-26-34-32-16-10-12-18-40(32)61-53(34)51-48(38)60-49-39(27-35-33-17-11-13-19-41(33)62-54(35)52(49)59(51)31-14-8-7-9-15-31)58-37-25-30(56(4,5)6)21-23-43(37)64-45-28-44(63-42)46(57)50(60)47(45)58/h7-28H,1-6H3. The van der Waals surface area contributed by atoms with Gasteiger partial charge in [-0.25, -0.2) is 0 Å². The van der Waals surface area contributed by atoms with Crippen LogP contribution in [0.25, 0.3) is 43.9 Å². The lowest BCUT2D eigenvalue weighted by Gasteiger charge is -2.52. The fourth-order valence-electron chi connectivity index (χ4n) is 11.8. The van der Waals surface area contributed by atoms with Crippen molar-refractivity contribution in [3.05, 3.63) is 145 Å². The van der Waals surface area contributed by atoms with Crippen LogP contribution in [0.5, 0.6) is 0 Å². The minimum atomic E-state index is -0.0128. The van der Waals surface area contributed by atoms with E-state index < -0.39 is 0 Å². The summed E-state index contributed by atoms with van der Waals surface area (Å²) >= 11 is 3.91. The van der Waals surface area contributed by atoms with Crippen LogP contribution in [0.15, 0.2) is 162 Å². The Labute approximate surface area is 380 Å². The summed E-state index contributed by atoms with van der Waals surface area (Å²) in [5, 5.41) is 4.53. The van der Waals surface area contributed by atoms with E-state index in [-0.39, 0.29) is 24.3 Å². The molecule has 0 amide bonds. The van der Waals surface area contributed by atoms with E-state index in [0.717, 1.165) is 60.9 Å². The highest BCUT2D eigenvalue weighted by molar-refractivity contribution is 8.01. The van der Waals surface area contributed by atoms with E-state index in [1.807, 2.05) is 23.5 Å². The second-order valence-electron chi connectivity index (χ2n) is 20.4. The lowest BCUT2D eigenvalue weighted by molar-refractivity contribution is 0.590. The van der Waals surface area contributed by atoms with Crippen molar-refractivity contribution in [3.63, 3.8) is 0 Å². The van der Waals surface area contributed by atoms with Gasteiger partial charge in [0.15, 0.2) is 11.2 Å².